The van der Waals surface area contributed by atoms with Gasteiger partial charge in [0.05, 0.1) is 0 Å². The first-order valence-corrected chi connectivity index (χ1v) is 7.12. The van der Waals surface area contributed by atoms with E-state index in [-0.39, 0.29) is 5.91 Å². The number of hydrogen-bond acceptors (Lipinski definition) is 2. The average molecular weight is 278 g/mol. The van der Waals surface area contributed by atoms with E-state index >= 15 is 0 Å². The third-order valence-electron chi connectivity index (χ3n) is 3.77. The lowest BCUT2D eigenvalue weighted by Crippen LogP contribution is -2.34. The Labute approximate surface area is 124 Å². The van der Waals surface area contributed by atoms with Crippen molar-refractivity contribution in [3.8, 4) is 0 Å². The zero-order valence-electron chi connectivity index (χ0n) is 11.8. The van der Waals surface area contributed by atoms with Crippen LogP contribution in [0.2, 0.25) is 0 Å². The number of benzene rings is 2. The van der Waals surface area contributed by atoms with E-state index in [0.29, 0.717) is 6.54 Å². The lowest BCUT2D eigenvalue weighted by Gasteiger charge is -2.28. The molecule has 0 unspecified atom stereocenters. The molecule has 0 radical (unpaired) electrons. The summed E-state index contributed by atoms with van der Waals surface area (Å²) in [5.74, 6) is 0.0481. The molecule has 3 rings (SSSR count). The molecule has 3 nitrogen and oxygen atoms in total. The second kappa shape index (κ2) is 5.83. The number of rotatable bonds is 2. The maximum absolute atomic E-state index is 12.3. The van der Waals surface area contributed by atoms with Crippen LogP contribution in [0.15, 0.2) is 54.6 Å². The quantitative estimate of drug-likeness (QED) is 0.678. The molecule has 106 valence electrons. The van der Waals surface area contributed by atoms with E-state index in [4.69, 9.17) is 5.73 Å². The van der Waals surface area contributed by atoms with Crippen LogP contribution in [0.25, 0.3) is 6.08 Å². The van der Waals surface area contributed by atoms with Gasteiger partial charge < -0.3 is 10.6 Å². The summed E-state index contributed by atoms with van der Waals surface area (Å²) in [6, 6.07) is 15.8. The average Bonchev–Trinajstić information content (AvgIpc) is 2.53. The first-order chi connectivity index (χ1) is 10.2. The summed E-state index contributed by atoms with van der Waals surface area (Å²) in [6.07, 6.45) is 4.39. The summed E-state index contributed by atoms with van der Waals surface area (Å²) < 4.78 is 0. The number of carbonyl (C=O) groups excluding carboxylic acids is 1. The summed E-state index contributed by atoms with van der Waals surface area (Å²) >= 11 is 0. The molecule has 2 aromatic rings. The molecule has 0 fully saturated rings. The molecule has 0 saturated carbocycles. The fraction of sp³-hybridized carbons (Fsp3) is 0.167. The highest BCUT2D eigenvalue weighted by Gasteiger charge is 2.18. The Balaban J connectivity index is 1.71. The number of fused-ring (bicyclic) bond motifs is 1. The van der Waals surface area contributed by atoms with E-state index in [1.54, 1.807) is 6.08 Å². The minimum Gasteiger partial charge on any atom is -0.399 e. The fourth-order valence-electron chi connectivity index (χ4n) is 2.60. The molecule has 0 atom stereocenters. The molecule has 0 saturated heterocycles. The summed E-state index contributed by atoms with van der Waals surface area (Å²) in [5, 5.41) is 0. The summed E-state index contributed by atoms with van der Waals surface area (Å²) in [6.45, 7) is 1.40. The third-order valence-corrected chi connectivity index (χ3v) is 3.77. The minimum atomic E-state index is 0.0481. The van der Waals surface area contributed by atoms with E-state index in [9.17, 15) is 4.79 Å². The van der Waals surface area contributed by atoms with Crippen molar-refractivity contribution in [2.24, 2.45) is 0 Å². The molecule has 2 N–H and O–H groups in total. The van der Waals surface area contributed by atoms with Gasteiger partial charge in [0.1, 0.15) is 0 Å². The second-order valence-electron chi connectivity index (χ2n) is 5.28. The van der Waals surface area contributed by atoms with Crippen LogP contribution in [0.3, 0.4) is 0 Å². The normalized spacial score (nSPS) is 14.2. The van der Waals surface area contributed by atoms with E-state index in [1.807, 2.05) is 53.4 Å². The van der Waals surface area contributed by atoms with E-state index in [2.05, 4.69) is 6.07 Å². The number of anilines is 1. The summed E-state index contributed by atoms with van der Waals surface area (Å²) in [7, 11) is 0. The van der Waals surface area contributed by atoms with Crippen LogP contribution in [-0.4, -0.2) is 17.4 Å². The molecule has 0 spiro atoms. The lowest BCUT2D eigenvalue weighted by atomic mass is 9.99. The minimum absolute atomic E-state index is 0.0481. The monoisotopic (exact) mass is 278 g/mol. The van der Waals surface area contributed by atoms with Gasteiger partial charge in [0.15, 0.2) is 0 Å². The lowest BCUT2D eigenvalue weighted by molar-refractivity contribution is -0.126. The highest BCUT2D eigenvalue weighted by Crippen LogP contribution is 2.21. The Morgan fingerprint density at radius 1 is 1.10 bits per heavy atom. The van der Waals surface area contributed by atoms with E-state index in [0.717, 1.165) is 29.8 Å². The molecule has 0 aliphatic carbocycles. The second-order valence-corrected chi connectivity index (χ2v) is 5.28. The summed E-state index contributed by atoms with van der Waals surface area (Å²) in [4.78, 5) is 14.1. The molecule has 1 heterocycles. The summed E-state index contributed by atoms with van der Waals surface area (Å²) in [5.41, 5.74) is 10.1. The van der Waals surface area contributed by atoms with Crippen molar-refractivity contribution in [1.82, 2.24) is 4.90 Å². The van der Waals surface area contributed by atoms with Gasteiger partial charge in [-0.25, -0.2) is 0 Å². The van der Waals surface area contributed by atoms with Gasteiger partial charge in [-0.05, 0) is 41.3 Å². The zero-order chi connectivity index (χ0) is 14.7. The van der Waals surface area contributed by atoms with Crippen LogP contribution in [-0.2, 0) is 17.8 Å². The first kappa shape index (κ1) is 13.4. The van der Waals surface area contributed by atoms with Crippen LogP contribution >= 0.6 is 0 Å². The number of amides is 1. The van der Waals surface area contributed by atoms with Crippen molar-refractivity contribution in [1.29, 1.82) is 0 Å². The molecule has 1 aliphatic rings. The Morgan fingerprint density at radius 2 is 1.90 bits per heavy atom. The molecule has 1 amide bonds. The predicted molar refractivity (Wildman–Crippen MR) is 85.5 cm³/mol. The maximum Gasteiger partial charge on any atom is 0.246 e. The predicted octanol–water partition coefficient (Wildman–Crippen LogP) is 2.87. The van der Waals surface area contributed by atoms with Crippen molar-refractivity contribution in [2.75, 3.05) is 12.3 Å². The number of nitrogens with two attached hydrogens (primary N) is 1. The van der Waals surface area contributed by atoms with Crippen molar-refractivity contribution < 1.29 is 4.79 Å². The van der Waals surface area contributed by atoms with Gasteiger partial charge in [0.2, 0.25) is 5.91 Å². The van der Waals surface area contributed by atoms with E-state index in [1.165, 1.54) is 5.56 Å². The molecule has 21 heavy (non-hydrogen) atoms. The van der Waals surface area contributed by atoms with Crippen LogP contribution in [0.5, 0.6) is 0 Å². The highest BCUT2D eigenvalue weighted by molar-refractivity contribution is 5.91. The SMILES string of the molecule is Nc1ccc2c(c1)CN(C(=O)/C=C/c1ccccc1)CC2. The van der Waals surface area contributed by atoms with Gasteiger partial charge in [-0.2, -0.15) is 0 Å². The largest absolute Gasteiger partial charge is 0.399 e. The van der Waals surface area contributed by atoms with Crippen molar-refractivity contribution >= 4 is 17.7 Å². The highest BCUT2D eigenvalue weighted by atomic mass is 16.2. The van der Waals surface area contributed by atoms with Crippen molar-refractivity contribution in [2.45, 2.75) is 13.0 Å². The first-order valence-electron chi connectivity index (χ1n) is 7.12. The third kappa shape index (κ3) is 3.14. The number of hydrogen-bond donors (Lipinski definition) is 1. The van der Waals surface area contributed by atoms with Crippen LogP contribution < -0.4 is 5.73 Å². The standard InChI is InChI=1S/C18H18N2O/c19-17-8-7-15-10-11-20(13-16(15)12-17)18(21)9-6-14-4-2-1-3-5-14/h1-9,12H,10-11,13,19H2/b9-6+. The smallest absolute Gasteiger partial charge is 0.246 e. The molecular weight excluding hydrogens is 260 g/mol. The fourth-order valence-corrected chi connectivity index (χ4v) is 2.60. The van der Waals surface area contributed by atoms with Crippen LogP contribution in [0.1, 0.15) is 16.7 Å². The number of nitrogens with zero attached hydrogens (tertiary/aromatic N) is 1. The maximum atomic E-state index is 12.3. The zero-order valence-corrected chi connectivity index (χ0v) is 11.8. The molecule has 0 aromatic heterocycles. The molecule has 3 heteroatoms. The van der Waals surface area contributed by atoms with Crippen LogP contribution in [0.4, 0.5) is 5.69 Å². The Hall–Kier alpha value is -2.55. The van der Waals surface area contributed by atoms with Crippen molar-refractivity contribution in [3.63, 3.8) is 0 Å². The Bertz CT molecular complexity index is 677. The van der Waals surface area contributed by atoms with Gasteiger partial charge in [-0.3, -0.25) is 4.79 Å². The molecular formula is C18H18N2O. The van der Waals surface area contributed by atoms with Gasteiger partial charge in [-0.15, -0.1) is 0 Å². The van der Waals surface area contributed by atoms with E-state index < -0.39 is 0 Å². The number of nitrogen functional groups attached to an aromatic ring is 1. The van der Waals surface area contributed by atoms with Crippen molar-refractivity contribution in [3.05, 3.63) is 71.3 Å². The molecule has 1 aliphatic heterocycles. The topological polar surface area (TPSA) is 46.3 Å². The van der Waals surface area contributed by atoms with Gasteiger partial charge in [0.25, 0.3) is 0 Å². The molecule has 2 aromatic carbocycles. The number of carbonyl (C=O) groups is 1. The van der Waals surface area contributed by atoms with Gasteiger partial charge in [-0.1, -0.05) is 36.4 Å². The Morgan fingerprint density at radius 3 is 2.71 bits per heavy atom. The van der Waals surface area contributed by atoms with Gasteiger partial charge in [0, 0.05) is 24.9 Å². The Kier molecular flexibility index (Phi) is 3.73. The van der Waals surface area contributed by atoms with Crippen LogP contribution in [0, 0.1) is 0 Å². The van der Waals surface area contributed by atoms with Gasteiger partial charge >= 0.3 is 0 Å². The molecule has 0 bridgehead atoms.